The summed E-state index contributed by atoms with van der Waals surface area (Å²) in [5.41, 5.74) is 5.57. The number of pyridine rings is 1. The second-order valence-electron chi connectivity index (χ2n) is 16.8. The number of phenols is 1. The Labute approximate surface area is 406 Å². The third kappa shape index (κ3) is 12.3. The minimum Gasteiger partial charge on any atom is -0.508 e. The summed E-state index contributed by atoms with van der Waals surface area (Å²) in [6.07, 6.45) is 9.30. The Morgan fingerprint density at radius 3 is 2.49 bits per heavy atom. The lowest BCUT2D eigenvalue weighted by molar-refractivity contribution is -0.384. The van der Waals surface area contributed by atoms with Gasteiger partial charge in [0.25, 0.3) is 5.69 Å². The number of likely N-dealkylation sites (tertiary alicyclic amines) is 1. The van der Waals surface area contributed by atoms with Crippen LogP contribution in [0.5, 0.6) is 5.75 Å². The van der Waals surface area contributed by atoms with Crippen molar-refractivity contribution in [3.63, 3.8) is 0 Å². The van der Waals surface area contributed by atoms with Crippen molar-refractivity contribution in [1.82, 2.24) is 20.5 Å². The summed E-state index contributed by atoms with van der Waals surface area (Å²) in [5.74, 6) is -0.0526. The molecule has 19 heteroatoms. The number of anilines is 1. The van der Waals surface area contributed by atoms with Crippen LogP contribution in [-0.2, 0) is 14.4 Å². The fourth-order valence-electron chi connectivity index (χ4n) is 8.53. The van der Waals surface area contributed by atoms with Crippen LogP contribution in [0.25, 0.3) is 33.4 Å². The third-order valence-electron chi connectivity index (χ3n) is 11.9. The summed E-state index contributed by atoms with van der Waals surface area (Å²) in [6, 6.07) is 24.1. The number of non-ortho nitro benzene ring substituents is 1. The smallest absolute Gasteiger partial charge is 0.336 e. The average Bonchev–Trinajstić information content (AvgIpc) is 3.92. The normalized spacial score (nSPS) is 19.8. The Hall–Kier alpha value is -7.51. The second kappa shape index (κ2) is 23.0. The molecule has 3 saturated heterocycles. The maximum atomic E-state index is 12.0. The van der Waals surface area contributed by atoms with E-state index in [0.717, 1.165) is 48.7 Å². The molecule has 3 aromatic carbocycles. The zero-order chi connectivity index (χ0) is 49.8. The fourth-order valence-corrected chi connectivity index (χ4v) is 10.4. The molecule has 5 N–H and O–H groups in total. The van der Waals surface area contributed by atoms with Crippen molar-refractivity contribution >= 4 is 82.3 Å². The lowest BCUT2D eigenvalue weighted by Gasteiger charge is -2.23. The lowest BCUT2D eigenvalue weighted by Crippen LogP contribution is -2.47. The number of carboxylic acid groups (broad SMARTS) is 1. The molecule has 3 amide bonds. The van der Waals surface area contributed by atoms with Crippen molar-refractivity contribution in [3.05, 3.63) is 140 Å². The number of phenolic OH excluding ortho intramolecular Hbond substituents is 1. The summed E-state index contributed by atoms with van der Waals surface area (Å²) >= 11 is 6.70. The van der Waals surface area contributed by atoms with E-state index in [-0.39, 0.29) is 57.9 Å². The van der Waals surface area contributed by atoms with Gasteiger partial charge in [0.05, 0.1) is 33.6 Å². The van der Waals surface area contributed by atoms with Gasteiger partial charge >= 0.3 is 12.0 Å². The number of aromatic hydroxyl groups is 1. The standard InChI is InChI=1S/C21H13NO5S.C11H18N2O2S.C11H12N2O2.C7H7NO2/c23-12-2-5-15-18(8-12)27-19-9-13(24)3-6-16(19)20(15)14-4-1-11(22-10-28)7-17(14)21(25)26;1-11-7-16-8(5-3-2-4-6-14)9(11)12-10(15)13-11;1-13-10(15)5-9(7-14)11(13)8-3-2-4-12-6-8;1-6-3-2-4-7(5-6)8(9)10/h1-10,23H,(H,22,28)(H,25,26);6,8-9H,2-5,7H2,1H3,(H2,12,13,15);2-4,6-7,9,11H,5H2,1H3;2-5H,1H3/t;8-,9+,11-;9-,11-;/m.01./s1. The number of aryl methyl sites for hydroxylation is 1. The van der Waals surface area contributed by atoms with E-state index in [4.69, 9.17) is 16.6 Å². The van der Waals surface area contributed by atoms with Crippen molar-refractivity contribution in [2.75, 3.05) is 18.1 Å². The summed E-state index contributed by atoms with van der Waals surface area (Å²) < 4.78 is 5.79. The summed E-state index contributed by atoms with van der Waals surface area (Å²) in [6.45, 7) is 3.93. The van der Waals surface area contributed by atoms with Crippen molar-refractivity contribution < 1.29 is 43.5 Å². The molecule has 0 bridgehead atoms. The first-order valence-corrected chi connectivity index (χ1v) is 23.3. The number of nitro benzene ring substituents is 1. The van der Waals surface area contributed by atoms with Gasteiger partial charge in [0.1, 0.15) is 29.7 Å². The molecule has 69 heavy (non-hydrogen) atoms. The van der Waals surface area contributed by atoms with Gasteiger partial charge in [-0.05, 0) is 85.8 Å². The number of nitrogens with zero attached hydrogens (tertiary/aromatic N) is 3. The maximum Gasteiger partial charge on any atom is 0.336 e. The molecular formula is C50H50N6O11S2. The molecule has 0 unspecified atom stereocenters. The van der Waals surface area contributed by atoms with E-state index in [1.807, 2.05) is 36.9 Å². The highest BCUT2D eigenvalue weighted by molar-refractivity contribution is 8.00. The van der Waals surface area contributed by atoms with Crippen LogP contribution in [0, 0.1) is 23.0 Å². The Bertz CT molecular complexity index is 2900. The van der Waals surface area contributed by atoms with Crippen LogP contribution >= 0.6 is 24.0 Å². The number of hydrogen-bond acceptors (Lipinski definition) is 13. The highest BCUT2D eigenvalue weighted by atomic mass is 32.2. The van der Waals surface area contributed by atoms with E-state index >= 15 is 0 Å². The number of nitro groups is 1. The predicted molar refractivity (Wildman–Crippen MR) is 267 cm³/mol. The molecule has 4 aliphatic heterocycles. The quantitative estimate of drug-likeness (QED) is 0.0147. The van der Waals surface area contributed by atoms with Gasteiger partial charge < -0.3 is 45.1 Å². The molecule has 1 aromatic heterocycles. The Kier molecular flexibility index (Phi) is 17.0. The Balaban J connectivity index is 0.000000163. The average molecular weight is 975 g/mol. The summed E-state index contributed by atoms with van der Waals surface area (Å²) in [4.78, 5) is 83.0. The molecule has 5 atom stereocenters. The van der Waals surface area contributed by atoms with Gasteiger partial charge in [-0.15, -0.1) is 0 Å². The van der Waals surface area contributed by atoms with Crippen LogP contribution in [0.2, 0.25) is 0 Å². The number of unbranched alkanes of at least 4 members (excludes halogenated alkanes) is 2. The van der Waals surface area contributed by atoms with Gasteiger partial charge in [-0.2, -0.15) is 11.8 Å². The number of nitrogens with one attached hydrogen (secondary N) is 3. The molecule has 0 radical (unpaired) electrons. The van der Waals surface area contributed by atoms with Gasteiger partial charge in [-0.1, -0.05) is 42.9 Å². The molecular weight excluding hydrogens is 925 g/mol. The molecule has 3 fully saturated rings. The number of aldehydes is 2. The summed E-state index contributed by atoms with van der Waals surface area (Å²) in [5, 5.41) is 39.7. The molecule has 0 spiro atoms. The van der Waals surface area contributed by atoms with Gasteiger partial charge in [0.2, 0.25) is 5.91 Å². The predicted octanol–water partition coefficient (Wildman–Crippen LogP) is 8.34. The number of aromatic carboxylic acids is 1. The molecule has 5 aliphatic rings. The van der Waals surface area contributed by atoms with E-state index < -0.39 is 10.9 Å². The third-order valence-corrected chi connectivity index (χ3v) is 13.7. The molecule has 1 aliphatic carbocycles. The van der Waals surface area contributed by atoms with Crippen LogP contribution in [0.15, 0.2) is 113 Å². The van der Waals surface area contributed by atoms with E-state index in [1.165, 1.54) is 41.9 Å². The van der Waals surface area contributed by atoms with Crippen molar-refractivity contribution in [2.45, 2.75) is 68.8 Å². The first-order chi connectivity index (χ1) is 33.1. The fraction of sp³-hybridized carbons (Fsp3) is 0.280. The van der Waals surface area contributed by atoms with E-state index in [9.17, 15) is 49.1 Å². The van der Waals surface area contributed by atoms with Crippen LogP contribution in [0.3, 0.4) is 0 Å². The van der Waals surface area contributed by atoms with Gasteiger partial charge in [0.15, 0.2) is 5.43 Å². The minimum absolute atomic E-state index is 0.00110. The minimum atomic E-state index is -1.11. The number of carbonyl (C=O) groups excluding carboxylic acids is 4. The first kappa shape index (κ1) is 50.9. The van der Waals surface area contributed by atoms with Gasteiger partial charge in [0, 0.05) is 95.7 Å². The number of carbonyl (C=O) groups is 5. The van der Waals surface area contributed by atoms with Crippen LogP contribution in [-0.4, -0.2) is 90.6 Å². The van der Waals surface area contributed by atoms with Crippen molar-refractivity contribution in [3.8, 4) is 28.2 Å². The highest BCUT2D eigenvalue weighted by Crippen LogP contribution is 2.43. The van der Waals surface area contributed by atoms with Crippen LogP contribution in [0.1, 0.15) is 66.6 Å². The molecule has 358 valence electrons. The SMILES string of the molecule is CN1C(=O)C[C@H](C=O)[C@H]1c1cccnc1.C[C@]12CS[C@@H](CCCCC=O)[C@H]1NC(=O)N2.Cc1cccc([N+](=O)[O-])c1.O=C(O)c1cc(NC=S)ccc1-c1c2ccc(=O)cc-2oc2cc(O)ccc12. The van der Waals surface area contributed by atoms with Gasteiger partial charge in [-0.25, -0.2) is 9.59 Å². The molecule has 4 aromatic rings. The maximum absolute atomic E-state index is 12.0. The number of amides is 3. The number of carboxylic acids is 1. The topological polar surface area (TPSA) is 251 Å². The number of thiocarbonyl (C=S) groups is 1. The van der Waals surface area contributed by atoms with Crippen molar-refractivity contribution in [2.24, 2.45) is 5.92 Å². The number of hydrogen-bond donors (Lipinski definition) is 5. The van der Waals surface area contributed by atoms with Crippen LogP contribution < -0.4 is 21.4 Å². The monoisotopic (exact) mass is 974 g/mol. The zero-order valence-corrected chi connectivity index (χ0v) is 39.5. The Morgan fingerprint density at radius 2 is 1.83 bits per heavy atom. The number of fused-ring (bicyclic) bond motifs is 3. The number of benzene rings is 4. The molecule has 17 nitrogen and oxygen atoms in total. The van der Waals surface area contributed by atoms with Crippen molar-refractivity contribution in [1.29, 1.82) is 0 Å². The van der Waals surface area contributed by atoms with E-state index in [0.29, 0.717) is 57.2 Å². The number of rotatable bonds is 12. The van der Waals surface area contributed by atoms with E-state index in [2.05, 4.69) is 27.9 Å². The number of thioether (sulfide) groups is 1. The zero-order valence-electron chi connectivity index (χ0n) is 37.8. The molecule has 5 heterocycles. The largest absolute Gasteiger partial charge is 0.508 e. The highest BCUT2D eigenvalue weighted by Gasteiger charge is 2.51. The van der Waals surface area contributed by atoms with Crippen LogP contribution in [0.4, 0.5) is 16.2 Å². The molecule has 9 rings (SSSR count). The Morgan fingerprint density at radius 1 is 1.04 bits per heavy atom. The number of urea groups is 1. The van der Waals surface area contributed by atoms with E-state index in [1.54, 1.807) is 60.7 Å². The second-order valence-corrected chi connectivity index (χ2v) is 18.2. The first-order valence-electron chi connectivity index (χ1n) is 21.8. The van der Waals surface area contributed by atoms with Gasteiger partial charge in [-0.3, -0.25) is 24.7 Å². The number of aromatic nitrogens is 1. The molecule has 0 saturated carbocycles. The lowest BCUT2D eigenvalue weighted by atomic mass is 9.90. The summed E-state index contributed by atoms with van der Waals surface area (Å²) in [7, 11) is 1.73.